The molecular weight excluding hydrogens is 328 g/mol. The summed E-state index contributed by atoms with van der Waals surface area (Å²) in [4.78, 5) is 16.9. The maximum absolute atomic E-state index is 11.4. The Morgan fingerprint density at radius 1 is 1.20 bits per heavy atom. The normalized spacial score (nSPS) is 28.3. The van der Waals surface area contributed by atoms with Gasteiger partial charge in [-0.25, -0.2) is 0 Å². The first kappa shape index (κ1) is 18.6. The number of nitrogens with zero attached hydrogens (tertiary/aromatic N) is 6. The highest BCUT2D eigenvalue weighted by molar-refractivity contribution is 5.66. The quantitative estimate of drug-likeness (QED) is 0.364. The van der Waals surface area contributed by atoms with Gasteiger partial charge in [0.2, 0.25) is 0 Å². The molecular formula is C15H18N6O4. The van der Waals surface area contributed by atoms with E-state index in [-0.39, 0.29) is 13.0 Å². The summed E-state index contributed by atoms with van der Waals surface area (Å²) in [6, 6.07) is 7.55. The molecule has 1 aromatic rings. The molecule has 1 saturated carbocycles. The number of aliphatic hydroxyl groups is 1. The lowest BCUT2D eigenvalue weighted by Crippen LogP contribution is -2.57. The first-order chi connectivity index (χ1) is 12.1. The van der Waals surface area contributed by atoms with Crippen molar-refractivity contribution in [2.45, 2.75) is 50.3 Å². The SMILES string of the molecule is CC(=O)O[C@@H]1[C@@H](OCc2ccccc2)[C@H](O)[C@@H](N=[N+]=[N-])C[C@H]1N=[N+]=[N-]. The Hall–Kier alpha value is -2.77. The molecule has 10 nitrogen and oxygen atoms in total. The highest BCUT2D eigenvalue weighted by atomic mass is 16.6. The molecule has 0 bridgehead atoms. The predicted molar refractivity (Wildman–Crippen MR) is 87.1 cm³/mol. The van der Waals surface area contributed by atoms with Gasteiger partial charge in [0.15, 0.2) is 0 Å². The van der Waals surface area contributed by atoms with Crippen molar-refractivity contribution >= 4 is 5.97 Å². The van der Waals surface area contributed by atoms with Gasteiger partial charge in [-0.1, -0.05) is 40.6 Å². The molecule has 0 saturated heterocycles. The Kier molecular flexibility index (Phi) is 6.62. The second-order valence-electron chi connectivity index (χ2n) is 5.61. The Balaban J connectivity index is 2.26. The molecule has 1 fully saturated rings. The Bertz CT molecular complexity index is 687. The van der Waals surface area contributed by atoms with Gasteiger partial charge < -0.3 is 14.6 Å². The molecule has 5 atom stereocenters. The van der Waals surface area contributed by atoms with Gasteiger partial charge in [0.05, 0.1) is 24.8 Å². The molecule has 0 radical (unpaired) electrons. The average molecular weight is 346 g/mol. The monoisotopic (exact) mass is 346 g/mol. The number of benzene rings is 1. The van der Waals surface area contributed by atoms with Crippen LogP contribution in [0.3, 0.4) is 0 Å². The van der Waals surface area contributed by atoms with E-state index in [2.05, 4.69) is 20.1 Å². The number of hydrogen-bond acceptors (Lipinski definition) is 6. The highest BCUT2D eigenvalue weighted by Gasteiger charge is 2.46. The zero-order valence-corrected chi connectivity index (χ0v) is 13.5. The molecule has 0 aliphatic heterocycles. The zero-order chi connectivity index (χ0) is 18.2. The fraction of sp³-hybridized carbons (Fsp3) is 0.533. The zero-order valence-electron chi connectivity index (χ0n) is 13.5. The fourth-order valence-electron chi connectivity index (χ4n) is 2.81. The van der Waals surface area contributed by atoms with Crippen molar-refractivity contribution in [1.82, 2.24) is 0 Å². The number of rotatable bonds is 6. The summed E-state index contributed by atoms with van der Waals surface area (Å²) in [5.74, 6) is -0.592. The Morgan fingerprint density at radius 3 is 2.44 bits per heavy atom. The van der Waals surface area contributed by atoms with Gasteiger partial charge in [0.25, 0.3) is 0 Å². The number of azide groups is 2. The largest absolute Gasteiger partial charge is 0.459 e. The molecule has 2 rings (SSSR count). The molecule has 0 spiro atoms. The molecule has 0 amide bonds. The molecule has 25 heavy (non-hydrogen) atoms. The molecule has 0 unspecified atom stereocenters. The minimum atomic E-state index is -1.20. The molecule has 0 aromatic heterocycles. The summed E-state index contributed by atoms with van der Waals surface area (Å²) in [6.07, 6.45) is -3.12. The van der Waals surface area contributed by atoms with Crippen molar-refractivity contribution in [2.75, 3.05) is 0 Å². The van der Waals surface area contributed by atoms with Crippen LogP contribution in [0.5, 0.6) is 0 Å². The van der Waals surface area contributed by atoms with Gasteiger partial charge in [-0.05, 0) is 23.0 Å². The van der Waals surface area contributed by atoms with Crippen LogP contribution in [0, 0.1) is 0 Å². The van der Waals surface area contributed by atoms with Gasteiger partial charge in [-0.15, -0.1) is 0 Å². The van der Waals surface area contributed by atoms with Crippen molar-refractivity contribution in [3.05, 3.63) is 56.8 Å². The number of carbonyl (C=O) groups excluding carboxylic acids is 1. The van der Waals surface area contributed by atoms with Gasteiger partial charge >= 0.3 is 5.97 Å². The molecule has 132 valence electrons. The summed E-state index contributed by atoms with van der Waals surface area (Å²) in [6.45, 7) is 1.36. The topological polar surface area (TPSA) is 153 Å². The van der Waals surface area contributed by atoms with Crippen LogP contribution in [0.15, 0.2) is 40.6 Å². The average Bonchev–Trinajstić information content (AvgIpc) is 2.59. The van der Waals surface area contributed by atoms with Crippen LogP contribution < -0.4 is 0 Å². The smallest absolute Gasteiger partial charge is 0.303 e. The van der Waals surface area contributed by atoms with Gasteiger partial charge in [0, 0.05) is 16.7 Å². The van der Waals surface area contributed by atoms with Crippen LogP contribution in [0.2, 0.25) is 0 Å². The second-order valence-corrected chi connectivity index (χ2v) is 5.61. The van der Waals surface area contributed by atoms with Crippen molar-refractivity contribution in [3.63, 3.8) is 0 Å². The molecule has 1 aliphatic rings. The van der Waals surface area contributed by atoms with E-state index in [1.165, 1.54) is 6.92 Å². The lowest BCUT2D eigenvalue weighted by molar-refractivity contribution is -0.177. The van der Waals surface area contributed by atoms with Crippen LogP contribution in [-0.2, 0) is 20.9 Å². The lowest BCUT2D eigenvalue weighted by atomic mass is 9.84. The molecule has 10 heteroatoms. The predicted octanol–water partition coefficient (Wildman–Crippen LogP) is 2.63. The number of carbonyl (C=O) groups is 1. The van der Waals surface area contributed by atoms with Crippen LogP contribution in [0.25, 0.3) is 20.9 Å². The van der Waals surface area contributed by atoms with Crippen molar-refractivity contribution < 1.29 is 19.4 Å². The summed E-state index contributed by atoms with van der Waals surface area (Å²) < 4.78 is 11.0. The van der Waals surface area contributed by atoms with Crippen LogP contribution in [0.1, 0.15) is 18.9 Å². The third-order valence-corrected chi connectivity index (χ3v) is 3.90. The molecule has 1 aromatic carbocycles. The maximum atomic E-state index is 11.4. The summed E-state index contributed by atoms with van der Waals surface area (Å²) >= 11 is 0. The van der Waals surface area contributed by atoms with Gasteiger partial charge in [-0.2, -0.15) is 0 Å². The minimum Gasteiger partial charge on any atom is -0.459 e. The molecule has 0 heterocycles. The van der Waals surface area contributed by atoms with Crippen LogP contribution in [-0.4, -0.2) is 41.5 Å². The first-order valence-corrected chi connectivity index (χ1v) is 7.66. The number of ether oxygens (including phenoxy) is 2. The summed E-state index contributed by atoms with van der Waals surface area (Å²) in [7, 11) is 0. The molecule has 1 aliphatic carbocycles. The fourth-order valence-corrected chi connectivity index (χ4v) is 2.81. The number of hydrogen-bond donors (Lipinski definition) is 1. The third-order valence-electron chi connectivity index (χ3n) is 3.90. The van der Waals surface area contributed by atoms with Crippen LogP contribution in [0.4, 0.5) is 0 Å². The second kappa shape index (κ2) is 8.91. The van der Waals surface area contributed by atoms with E-state index < -0.39 is 36.4 Å². The minimum absolute atomic E-state index is 0.0540. The van der Waals surface area contributed by atoms with E-state index in [9.17, 15) is 9.90 Å². The van der Waals surface area contributed by atoms with Crippen molar-refractivity contribution in [2.24, 2.45) is 10.2 Å². The van der Waals surface area contributed by atoms with E-state index in [4.69, 9.17) is 20.5 Å². The van der Waals surface area contributed by atoms with Gasteiger partial charge in [-0.3, -0.25) is 4.79 Å². The van der Waals surface area contributed by atoms with E-state index in [0.717, 1.165) is 5.56 Å². The standard InChI is InChI=1S/C15H18N6O4/c1-9(22)25-14-12(19-21-17)7-11(18-20-16)13(23)15(14)24-8-10-5-3-2-4-6-10/h2-6,11-15,23H,7-8H2,1H3/t11-,12+,13+,14-,15-/m0/s1. The van der Waals surface area contributed by atoms with Crippen LogP contribution >= 0.6 is 0 Å². The Morgan fingerprint density at radius 2 is 1.84 bits per heavy atom. The third kappa shape index (κ3) is 4.85. The Labute approximate surface area is 143 Å². The van der Waals surface area contributed by atoms with E-state index >= 15 is 0 Å². The molecule has 1 N–H and O–H groups in total. The van der Waals surface area contributed by atoms with Gasteiger partial charge in [0.1, 0.15) is 12.2 Å². The number of aliphatic hydroxyl groups excluding tert-OH is 1. The number of esters is 1. The highest BCUT2D eigenvalue weighted by Crippen LogP contribution is 2.30. The lowest BCUT2D eigenvalue weighted by Gasteiger charge is -2.41. The van der Waals surface area contributed by atoms with E-state index in [1.54, 1.807) is 0 Å². The van der Waals surface area contributed by atoms with E-state index in [1.807, 2.05) is 30.3 Å². The summed E-state index contributed by atoms with van der Waals surface area (Å²) in [5.41, 5.74) is 18.3. The van der Waals surface area contributed by atoms with E-state index in [0.29, 0.717) is 0 Å². The summed E-state index contributed by atoms with van der Waals surface area (Å²) in [5, 5.41) is 17.7. The van der Waals surface area contributed by atoms with Crippen molar-refractivity contribution in [3.8, 4) is 0 Å². The first-order valence-electron chi connectivity index (χ1n) is 7.66. The maximum Gasteiger partial charge on any atom is 0.303 e. The van der Waals surface area contributed by atoms with Crippen molar-refractivity contribution in [1.29, 1.82) is 0 Å².